The third kappa shape index (κ3) is 4.03. The summed E-state index contributed by atoms with van der Waals surface area (Å²) in [6.45, 7) is 8.03. The van der Waals surface area contributed by atoms with Gasteiger partial charge in [0.05, 0.1) is 20.3 Å². The van der Waals surface area contributed by atoms with Crippen molar-refractivity contribution in [2.45, 2.75) is 34.2 Å². The molecule has 0 atom stereocenters. The van der Waals surface area contributed by atoms with Crippen LogP contribution >= 0.6 is 0 Å². The Morgan fingerprint density at radius 1 is 1.17 bits per heavy atom. The van der Waals surface area contributed by atoms with Gasteiger partial charge >= 0.3 is 5.97 Å². The monoisotopic (exact) mass is 338 g/mol. The third-order valence-corrected chi connectivity index (χ3v) is 4.09. The van der Waals surface area contributed by atoms with E-state index in [-0.39, 0.29) is 18.2 Å². The van der Waals surface area contributed by atoms with E-state index in [2.05, 4.69) is 0 Å². The minimum Gasteiger partial charge on any atom is -0.464 e. The number of esters is 1. The summed E-state index contributed by atoms with van der Waals surface area (Å²) < 4.78 is 11.6. The highest BCUT2D eigenvalue weighted by Gasteiger charge is 2.27. The van der Waals surface area contributed by atoms with Crippen LogP contribution in [0.15, 0.2) is 0 Å². The minimum absolute atomic E-state index is 0.0469. The minimum atomic E-state index is -0.473. The van der Waals surface area contributed by atoms with Crippen LogP contribution in [0.5, 0.6) is 0 Å². The standard InChI is InChI=1S/C17H26N2O5/c1-7-19-12(3)15(11(2)16(19)17(22)24-6)14(21)10-18(13(4)20)8-9-23-5/h7-10H2,1-6H3. The number of nitrogens with zero attached hydrogens (tertiary/aromatic N) is 2. The van der Waals surface area contributed by atoms with Crippen molar-refractivity contribution in [2.75, 3.05) is 33.9 Å². The van der Waals surface area contributed by atoms with E-state index in [4.69, 9.17) is 9.47 Å². The van der Waals surface area contributed by atoms with Gasteiger partial charge in [-0.1, -0.05) is 0 Å². The van der Waals surface area contributed by atoms with Crippen LogP contribution in [0.4, 0.5) is 0 Å². The van der Waals surface area contributed by atoms with Crippen molar-refractivity contribution in [3.8, 4) is 0 Å². The average molecular weight is 338 g/mol. The molecule has 1 aromatic heterocycles. The fourth-order valence-corrected chi connectivity index (χ4v) is 2.86. The molecular weight excluding hydrogens is 312 g/mol. The number of methoxy groups -OCH3 is 2. The van der Waals surface area contributed by atoms with Crippen LogP contribution in [0.1, 0.15) is 46.0 Å². The number of ether oxygens (including phenoxy) is 2. The van der Waals surface area contributed by atoms with Gasteiger partial charge in [-0.15, -0.1) is 0 Å². The number of rotatable bonds is 8. The topological polar surface area (TPSA) is 77.8 Å². The van der Waals surface area contributed by atoms with Gasteiger partial charge in [-0.2, -0.15) is 0 Å². The first-order chi connectivity index (χ1) is 11.3. The summed E-state index contributed by atoms with van der Waals surface area (Å²) in [5.41, 5.74) is 2.14. The summed E-state index contributed by atoms with van der Waals surface area (Å²) >= 11 is 0. The van der Waals surface area contributed by atoms with Crippen molar-refractivity contribution in [3.63, 3.8) is 0 Å². The predicted octanol–water partition coefficient (Wildman–Crippen LogP) is 1.59. The lowest BCUT2D eigenvalue weighted by Gasteiger charge is -2.20. The largest absolute Gasteiger partial charge is 0.464 e. The Morgan fingerprint density at radius 2 is 1.79 bits per heavy atom. The van der Waals surface area contributed by atoms with E-state index in [1.165, 1.54) is 18.9 Å². The van der Waals surface area contributed by atoms with Gasteiger partial charge in [-0.3, -0.25) is 9.59 Å². The summed E-state index contributed by atoms with van der Waals surface area (Å²) in [6.07, 6.45) is 0. The zero-order chi connectivity index (χ0) is 18.4. The van der Waals surface area contributed by atoms with Gasteiger partial charge in [-0.05, 0) is 26.3 Å². The molecule has 0 radical (unpaired) electrons. The van der Waals surface area contributed by atoms with E-state index < -0.39 is 5.97 Å². The lowest BCUT2D eigenvalue weighted by atomic mass is 10.1. The van der Waals surface area contributed by atoms with Gasteiger partial charge in [-0.25, -0.2) is 4.79 Å². The second-order valence-corrected chi connectivity index (χ2v) is 5.53. The van der Waals surface area contributed by atoms with Crippen molar-refractivity contribution < 1.29 is 23.9 Å². The molecule has 1 rings (SSSR count). The molecular formula is C17H26N2O5. The predicted molar refractivity (Wildman–Crippen MR) is 89.4 cm³/mol. The maximum atomic E-state index is 12.8. The molecule has 0 spiro atoms. The summed E-state index contributed by atoms with van der Waals surface area (Å²) in [5.74, 6) is -0.869. The van der Waals surface area contributed by atoms with Gasteiger partial charge < -0.3 is 18.9 Å². The summed E-state index contributed by atoms with van der Waals surface area (Å²) in [7, 11) is 2.85. The molecule has 7 heteroatoms. The first kappa shape index (κ1) is 19.9. The van der Waals surface area contributed by atoms with Gasteiger partial charge in [0.25, 0.3) is 0 Å². The van der Waals surface area contributed by atoms with Crippen LogP contribution in [-0.2, 0) is 20.8 Å². The molecule has 0 bridgehead atoms. The zero-order valence-corrected chi connectivity index (χ0v) is 15.3. The highest BCUT2D eigenvalue weighted by Crippen LogP contribution is 2.24. The molecule has 0 saturated carbocycles. The molecule has 0 N–H and O–H groups in total. The smallest absolute Gasteiger partial charge is 0.354 e. The molecule has 1 heterocycles. The number of carbonyl (C=O) groups excluding carboxylic acids is 3. The third-order valence-electron chi connectivity index (χ3n) is 4.09. The van der Waals surface area contributed by atoms with Gasteiger partial charge in [0.1, 0.15) is 5.69 Å². The van der Waals surface area contributed by atoms with Crippen LogP contribution in [0.25, 0.3) is 0 Å². The van der Waals surface area contributed by atoms with Crippen LogP contribution in [-0.4, -0.2) is 61.0 Å². The maximum Gasteiger partial charge on any atom is 0.354 e. The van der Waals surface area contributed by atoms with E-state index >= 15 is 0 Å². The molecule has 1 amide bonds. The van der Waals surface area contributed by atoms with Crippen molar-refractivity contribution in [3.05, 3.63) is 22.5 Å². The van der Waals surface area contributed by atoms with E-state index in [1.54, 1.807) is 25.5 Å². The SMILES string of the molecule is CCn1c(C)c(C(=O)CN(CCOC)C(C)=O)c(C)c1C(=O)OC. The van der Waals surface area contributed by atoms with Crippen molar-refractivity contribution in [1.29, 1.82) is 0 Å². The number of ketones is 1. The van der Waals surface area contributed by atoms with Crippen LogP contribution in [0.2, 0.25) is 0 Å². The van der Waals surface area contributed by atoms with E-state index in [0.29, 0.717) is 42.2 Å². The average Bonchev–Trinajstić information content (AvgIpc) is 2.80. The first-order valence-corrected chi connectivity index (χ1v) is 7.85. The van der Waals surface area contributed by atoms with E-state index in [0.717, 1.165) is 0 Å². The fraction of sp³-hybridized carbons (Fsp3) is 0.588. The van der Waals surface area contributed by atoms with Gasteiger partial charge in [0.15, 0.2) is 5.78 Å². The van der Waals surface area contributed by atoms with Crippen molar-refractivity contribution >= 4 is 17.7 Å². The molecule has 0 unspecified atom stereocenters. The molecule has 0 aliphatic heterocycles. The normalized spacial score (nSPS) is 10.6. The summed E-state index contributed by atoms with van der Waals surface area (Å²) in [5, 5.41) is 0. The molecule has 0 aliphatic rings. The molecule has 0 aliphatic carbocycles. The van der Waals surface area contributed by atoms with E-state index in [9.17, 15) is 14.4 Å². The van der Waals surface area contributed by atoms with Gasteiger partial charge in [0.2, 0.25) is 5.91 Å². The molecule has 0 fully saturated rings. The van der Waals surface area contributed by atoms with Crippen LogP contribution in [0, 0.1) is 13.8 Å². The summed E-state index contributed by atoms with van der Waals surface area (Å²) in [6, 6.07) is 0. The highest BCUT2D eigenvalue weighted by molar-refractivity contribution is 6.04. The Balaban J connectivity index is 3.21. The fourth-order valence-electron chi connectivity index (χ4n) is 2.86. The Labute approximate surface area is 142 Å². The molecule has 0 aromatic carbocycles. The van der Waals surface area contributed by atoms with Crippen molar-refractivity contribution in [2.24, 2.45) is 0 Å². The number of hydrogen-bond acceptors (Lipinski definition) is 5. The van der Waals surface area contributed by atoms with Gasteiger partial charge in [0, 0.05) is 38.4 Å². The Kier molecular flexibility index (Phi) is 7.16. The molecule has 7 nitrogen and oxygen atoms in total. The Morgan fingerprint density at radius 3 is 2.25 bits per heavy atom. The Bertz CT molecular complexity index is 633. The summed E-state index contributed by atoms with van der Waals surface area (Å²) in [4.78, 5) is 37.9. The quantitative estimate of drug-likeness (QED) is 0.531. The van der Waals surface area contributed by atoms with Crippen molar-refractivity contribution in [1.82, 2.24) is 9.47 Å². The maximum absolute atomic E-state index is 12.8. The lowest BCUT2D eigenvalue weighted by Crippen LogP contribution is -2.36. The highest BCUT2D eigenvalue weighted by atomic mass is 16.5. The second kappa shape index (κ2) is 8.63. The van der Waals surface area contributed by atoms with Crippen LogP contribution in [0.3, 0.4) is 0 Å². The number of carbonyl (C=O) groups is 3. The lowest BCUT2D eigenvalue weighted by molar-refractivity contribution is -0.129. The molecule has 134 valence electrons. The number of aromatic nitrogens is 1. The van der Waals surface area contributed by atoms with Crippen LogP contribution < -0.4 is 0 Å². The number of hydrogen-bond donors (Lipinski definition) is 0. The second-order valence-electron chi connectivity index (χ2n) is 5.53. The molecule has 24 heavy (non-hydrogen) atoms. The zero-order valence-electron chi connectivity index (χ0n) is 15.3. The number of amides is 1. The molecule has 0 saturated heterocycles. The van der Waals surface area contributed by atoms with E-state index in [1.807, 2.05) is 6.92 Å². The first-order valence-electron chi connectivity index (χ1n) is 7.85. The number of Topliss-reactive ketones (excluding diaryl/α,β-unsaturated/α-hetero) is 1. The Hall–Kier alpha value is -2.15. The molecule has 1 aromatic rings.